The molecule has 0 radical (unpaired) electrons. The Bertz CT molecular complexity index is 492. The normalized spacial score (nSPS) is 11.2. The van der Waals surface area contributed by atoms with Crippen molar-refractivity contribution in [1.82, 2.24) is 0 Å². The third kappa shape index (κ3) is 3.72. The van der Waals surface area contributed by atoms with E-state index in [-0.39, 0.29) is 34.9 Å². The van der Waals surface area contributed by atoms with Gasteiger partial charge in [-0.1, -0.05) is 11.6 Å². The molecule has 7 heteroatoms. The summed E-state index contributed by atoms with van der Waals surface area (Å²) < 4.78 is 38.1. The average molecular weight is 309 g/mol. The molecule has 0 aromatic heterocycles. The highest BCUT2D eigenvalue weighted by atomic mass is 35.5. The van der Waals surface area contributed by atoms with Gasteiger partial charge in [0.1, 0.15) is 16.5 Å². The highest BCUT2D eigenvalue weighted by Gasteiger charge is 2.36. The van der Waals surface area contributed by atoms with E-state index in [0.717, 1.165) is 0 Å². The van der Waals surface area contributed by atoms with Gasteiger partial charge in [-0.25, -0.2) is 8.78 Å². The Morgan fingerprint density at radius 1 is 1.35 bits per heavy atom. The number of alkyl halides is 2. The first-order chi connectivity index (χ1) is 9.33. The fourth-order valence-corrected chi connectivity index (χ4v) is 2.10. The lowest BCUT2D eigenvalue weighted by atomic mass is 10.0. The van der Waals surface area contributed by atoms with E-state index in [4.69, 9.17) is 26.2 Å². The highest BCUT2D eigenvalue weighted by Crippen LogP contribution is 2.45. The molecule has 0 amide bonds. The van der Waals surface area contributed by atoms with E-state index in [9.17, 15) is 13.6 Å². The van der Waals surface area contributed by atoms with Crippen molar-refractivity contribution >= 4 is 17.6 Å². The van der Waals surface area contributed by atoms with Gasteiger partial charge in [0, 0.05) is 12.8 Å². The van der Waals surface area contributed by atoms with Gasteiger partial charge in [0.2, 0.25) is 0 Å². The van der Waals surface area contributed by atoms with Crippen LogP contribution in [0.4, 0.5) is 8.78 Å². The van der Waals surface area contributed by atoms with Crippen molar-refractivity contribution in [2.75, 3.05) is 14.2 Å². The maximum Gasteiger partial charge on any atom is 0.303 e. The van der Waals surface area contributed by atoms with E-state index in [2.05, 4.69) is 0 Å². The lowest BCUT2D eigenvalue weighted by molar-refractivity contribution is -0.137. The lowest BCUT2D eigenvalue weighted by Gasteiger charge is -2.20. The van der Waals surface area contributed by atoms with Gasteiger partial charge in [0.05, 0.1) is 19.8 Å². The first-order valence-corrected chi connectivity index (χ1v) is 6.22. The molecule has 0 aliphatic heterocycles. The maximum absolute atomic E-state index is 14.1. The minimum Gasteiger partial charge on any atom is -0.495 e. The first kappa shape index (κ1) is 16.5. The molecule has 0 spiro atoms. The SMILES string of the molecule is COc1ccc(C(F)(F)CCCC(=O)O)c(OC)c1Cl. The third-order valence-electron chi connectivity index (χ3n) is 2.76. The molecule has 112 valence electrons. The van der Waals surface area contributed by atoms with Crippen LogP contribution in [0, 0.1) is 0 Å². The number of methoxy groups -OCH3 is 2. The topological polar surface area (TPSA) is 55.8 Å². The summed E-state index contributed by atoms with van der Waals surface area (Å²) in [6.07, 6.45) is -1.06. The quantitative estimate of drug-likeness (QED) is 0.834. The summed E-state index contributed by atoms with van der Waals surface area (Å²) in [4.78, 5) is 10.4. The second-order valence-electron chi connectivity index (χ2n) is 4.11. The van der Waals surface area contributed by atoms with Crippen LogP contribution in [0.25, 0.3) is 0 Å². The zero-order chi connectivity index (χ0) is 15.3. The van der Waals surface area contributed by atoms with Crippen molar-refractivity contribution < 1.29 is 28.2 Å². The molecule has 0 saturated heterocycles. The summed E-state index contributed by atoms with van der Waals surface area (Å²) in [6.45, 7) is 0. The van der Waals surface area contributed by atoms with Gasteiger partial charge in [0.15, 0.2) is 0 Å². The summed E-state index contributed by atoms with van der Waals surface area (Å²) in [6, 6.07) is 2.50. The van der Waals surface area contributed by atoms with Crippen LogP contribution >= 0.6 is 11.6 Å². The van der Waals surface area contributed by atoms with Gasteiger partial charge in [-0.15, -0.1) is 0 Å². The molecule has 0 saturated carbocycles. The number of rotatable bonds is 7. The second kappa shape index (κ2) is 6.74. The summed E-state index contributed by atoms with van der Waals surface area (Å²) in [5.74, 6) is -4.27. The predicted molar refractivity (Wildman–Crippen MR) is 69.9 cm³/mol. The van der Waals surface area contributed by atoms with Gasteiger partial charge in [-0.05, 0) is 18.6 Å². The van der Waals surface area contributed by atoms with Crippen LogP contribution in [0.2, 0.25) is 5.02 Å². The Kier molecular flexibility index (Phi) is 5.56. The number of benzene rings is 1. The number of hydrogen-bond acceptors (Lipinski definition) is 3. The number of hydrogen-bond donors (Lipinski definition) is 1. The molecule has 0 unspecified atom stereocenters. The summed E-state index contributed by atoms with van der Waals surface area (Å²) in [5, 5.41) is 8.45. The third-order valence-corrected chi connectivity index (χ3v) is 3.12. The largest absolute Gasteiger partial charge is 0.495 e. The molecule has 1 aromatic rings. The van der Waals surface area contributed by atoms with Crippen LogP contribution in [-0.4, -0.2) is 25.3 Å². The fraction of sp³-hybridized carbons (Fsp3) is 0.462. The van der Waals surface area contributed by atoms with Crippen molar-refractivity contribution in [2.24, 2.45) is 0 Å². The van der Waals surface area contributed by atoms with Crippen molar-refractivity contribution in [3.63, 3.8) is 0 Å². The summed E-state index contributed by atoms with van der Waals surface area (Å²) in [5.41, 5.74) is -0.379. The van der Waals surface area contributed by atoms with Gasteiger partial charge in [0.25, 0.3) is 5.92 Å². The number of halogens is 3. The van der Waals surface area contributed by atoms with Gasteiger partial charge in [-0.3, -0.25) is 4.79 Å². The van der Waals surface area contributed by atoms with E-state index >= 15 is 0 Å². The van der Waals surface area contributed by atoms with Crippen molar-refractivity contribution in [3.8, 4) is 11.5 Å². The molecule has 1 rings (SSSR count). The second-order valence-corrected chi connectivity index (χ2v) is 4.49. The Morgan fingerprint density at radius 2 is 2.00 bits per heavy atom. The van der Waals surface area contributed by atoms with E-state index in [1.807, 2.05) is 0 Å². The van der Waals surface area contributed by atoms with Crippen molar-refractivity contribution in [2.45, 2.75) is 25.2 Å². The van der Waals surface area contributed by atoms with Crippen LogP contribution in [0.5, 0.6) is 11.5 Å². The number of carbonyl (C=O) groups is 1. The Hall–Kier alpha value is -1.56. The van der Waals surface area contributed by atoms with Crippen LogP contribution in [-0.2, 0) is 10.7 Å². The van der Waals surface area contributed by atoms with Crippen LogP contribution in [0.1, 0.15) is 24.8 Å². The van der Waals surface area contributed by atoms with Crippen LogP contribution < -0.4 is 9.47 Å². The molecular formula is C13H15ClF2O4. The number of ether oxygens (including phenoxy) is 2. The maximum atomic E-state index is 14.1. The van der Waals surface area contributed by atoms with Gasteiger partial charge >= 0.3 is 5.97 Å². The van der Waals surface area contributed by atoms with Gasteiger partial charge in [-0.2, -0.15) is 0 Å². The smallest absolute Gasteiger partial charge is 0.303 e. The molecule has 4 nitrogen and oxygen atoms in total. The van der Waals surface area contributed by atoms with Crippen molar-refractivity contribution in [1.29, 1.82) is 0 Å². The fourth-order valence-electron chi connectivity index (χ4n) is 1.78. The molecule has 0 bridgehead atoms. The zero-order valence-electron chi connectivity index (χ0n) is 11.1. The molecule has 0 aliphatic carbocycles. The van der Waals surface area contributed by atoms with E-state index in [1.54, 1.807) is 0 Å². The molecule has 0 fully saturated rings. The van der Waals surface area contributed by atoms with E-state index < -0.39 is 18.3 Å². The van der Waals surface area contributed by atoms with Crippen molar-refractivity contribution in [3.05, 3.63) is 22.7 Å². The molecule has 0 heterocycles. The monoisotopic (exact) mass is 308 g/mol. The van der Waals surface area contributed by atoms with Gasteiger partial charge < -0.3 is 14.6 Å². The Labute approximate surface area is 120 Å². The molecule has 1 aromatic carbocycles. The van der Waals surface area contributed by atoms with Crippen LogP contribution in [0.15, 0.2) is 12.1 Å². The number of aliphatic carboxylic acids is 1. The molecule has 1 N–H and O–H groups in total. The molecule has 20 heavy (non-hydrogen) atoms. The number of carboxylic acids is 1. The lowest BCUT2D eigenvalue weighted by Crippen LogP contribution is -2.15. The zero-order valence-corrected chi connectivity index (χ0v) is 11.8. The predicted octanol–water partition coefficient (Wildman–Crippen LogP) is 3.70. The molecule has 0 aliphatic rings. The minimum atomic E-state index is -3.23. The number of carboxylic acid groups (broad SMARTS) is 1. The van der Waals surface area contributed by atoms with E-state index in [1.165, 1.54) is 26.4 Å². The first-order valence-electron chi connectivity index (χ1n) is 5.84. The van der Waals surface area contributed by atoms with E-state index in [0.29, 0.717) is 0 Å². The Morgan fingerprint density at radius 3 is 2.50 bits per heavy atom. The van der Waals surface area contributed by atoms with Crippen LogP contribution in [0.3, 0.4) is 0 Å². The average Bonchev–Trinajstić information content (AvgIpc) is 2.37. The molecular weight excluding hydrogens is 294 g/mol. The highest BCUT2D eigenvalue weighted by molar-refractivity contribution is 6.33. The Balaban J connectivity index is 3.04. The minimum absolute atomic E-state index is 0.0367. The standard InChI is InChI=1S/C13H15ClF2O4/c1-19-9-6-5-8(12(20-2)11(9)14)13(15,16)7-3-4-10(17)18/h5-6H,3-4,7H2,1-2H3,(H,17,18). The summed E-state index contributed by atoms with van der Waals surface area (Å²) >= 11 is 5.93. The summed E-state index contributed by atoms with van der Waals surface area (Å²) in [7, 11) is 2.60. The molecule has 0 atom stereocenters.